The van der Waals surface area contributed by atoms with E-state index in [0.717, 1.165) is 0 Å². The predicted octanol–water partition coefficient (Wildman–Crippen LogP) is 7.41. The molecule has 0 amide bonds. The summed E-state index contributed by atoms with van der Waals surface area (Å²) in [5, 5.41) is 5.40. The highest BCUT2D eigenvalue weighted by Crippen LogP contribution is 2.58. The molecular formula is C30H18N2. The number of allylic oxidation sites excluding steroid dienone is 2. The van der Waals surface area contributed by atoms with Crippen LogP contribution >= 0.6 is 0 Å². The van der Waals surface area contributed by atoms with Gasteiger partial charge in [0, 0.05) is 44.4 Å². The smallest absolute Gasteiger partial charge is 0.0702 e. The minimum Gasteiger partial charge on any atom is -0.332 e. The summed E-state index contributed by atoms with van der Waals surface area (Å²) in [6.07, 6.45) is 6.98. The Morgan fingerprint density at radius 1 is 0.656 bits per heavy atom. The monoisotopic (exact) mass is 406 g/mol. The normalized spacial score (nSPS) is 20.5. The molecule has 3 aliphatic rings. The molecular weight excluding hydrogens is 388 g/mol. The van der Waals surface area contributed by atoms with Gasteiger partial charge in [0.25, 0.3) is 0 Å². The fourth-order valence-electron chi connectivity index (χ4n) is 6.81. The molecule has 148 valence electrons. The topological polar surface area (TPSA) is 7.65 Å². The Kier molecular flexibility index (Phi) is 2.48. The van der Waals surface area contributed by atoms with Crippen LogP contribution in [0.5, 0.6) is 0 Å². The number of aromatic nitrogens is 1. The number of nitrogens with zero attached hydrogens (tertiary/aromatic N) is 2. The largest absolute Gasteiger partial charge is 0.332 e. The van der Waals surface area contributed by atoms with Crippen LogP contribution in [0, 0.1) is 0 Å². The maximum atomic E-state index is 2.59. The van der Waals surface area contributed by atoms with Gasteiger partial charge in [0.1, 0.15) is 0 Å². The molecule has 4 aromatic carbocycles. The number of hydrogen-bond donors (Lipinski definition) is 0. The predicted molar refractivity (Wildman–Crippen MR) is 133 cm³/mol. The summed E-state index contributed by atoms with van der Waals surface area (Å²) in [7, 11) is 0. The fraction of sp³-hybridized carbons (Fsp3) is 0.0667. The first-order valence-corrected chi connectivity index (χ1v) is 11.4. The number of benzene rings is 4. The van der Waals surface area contributed by atoms with Crippen molar-refractivity contribution >= 4 is 55.0 Å². The zero-order chi connectivity index (χ0) is 20.6. The van der Waals surface area contributed by atoms with E-state index in [4.69, 9.17) is 0 Å². The Bertz CT molecular complexity index is 1850. The quantitative estimate of drug-likeness (QED) is 0.255. The zero-order valence-electron chi connectivity index (χ0n) is 17.3. The van der Waals surface area contributed by atoms with E-state index in [9.17, 15) is 0 Å². The fourth-order valence-corrected chi connectivity index (χ4v) is 6.81. The summed E-state index contributed by atoms with van der Waals surface area (Å²) in [4.78, 5) is 2.59. The summed E-state index contributed by atoms with van der Waals surface area (Å²) in [5.74, 6) is 0.392. The lowest BCUT2D eigenvalue weighted by atomic mass is 9.85. The molecule has 2 aliphatic heterocycles. The average Bonchev–Trinajstić information content (AvgIpc) is 3.56. The molecule has 2 unspecified atom stereocenters. The second-order valence-electron chi connectivity index (χ2n) is 9.35. The van der Waals surface area contributed by atoms with Crippen molar-refractivity contribution in [2.24, 2.45) is 0 Å². The molecule has 0 fully saturated rings. The highest BCUT2D eigenvalue weighted by molar-refractivity contribution is 6.24. The molecule has 2 atom stereocenters. The minimum atomic E-state index is 0.381. The standard InChI is InChI=1S/C30H18N2/c1-3-13-25-17(7-1)19-9-5-11-21-23-16-28-24(15-27(23)31(25)29(19)21)22-12-6-10-20-18-8-2-4-14-26(18)32(28)30(20)22/h1-16,21,29H. The van der Waals surface area contributed by atoms with Crippen molar-refractivity contribution in [3.63, 3.8) is 0 Å². The Balaban J connectivity index is 1.46. The Morgan fingerprint density at radius 3 is 2.44 bits per heavy atom. The highest BCUT2D eigenvalue weighted by atomic mass is 15.2. The van der Waals surface area contributed by atoms with Gasteiger partial charge in [0.15, 0.2) is 0 Å². The summed E-state index contributed by atoms with van der Waals surface area (Å²) < 4.78 is 2.50. The molecule has 0 saturated carbocycles. The van der Waals surface area contributed by atoms with Crippen molar-refractivity contribution in [2.75, 3.05) is 4.90 Å². The molecule has 1 aliphatic carbocycles. The van der Waals surface area contributed by atoms with E-state index < -0.39 is 0 Å². The third-order valence-electron chi connectivity index (χ3n) is 8.00. The van der Waals surface area contributed by atoms with Crippen molar-refractivity contribution < 1.29 is 0 Å². The van der Waals surface area contributed by atoms with Crippen LogP contribution in [-0.4, -0.2) is 10.4 Å². The first-order chi connectivity index (χ1) is 15.9. The summed E-state index contributed by atoms with van der Waals surface area (Å²) in [6, 6.07) is 29.8. The molecule has 0 spiro atoms. The summed E-state index contributed by atoms with van der Waals surface area (Å²) in [6.45, 7) is 0. The van der Waals surface area contributed by atoms with E-state index in [-0.39, 0.29) is 0 Å². The molecule has 0 N–H and O–H groups in total. The van der Waals surface area contributed by atoms with Gasteiger partial charge < -0.3 is 9.30 Å². The molecule has 2 aromatic heterocycles. The van der Waals surface area contributed by atoms with Crippen LogP contribution < -0.4 is 4.90 Å². The van der Waals surface area contributed by atoms with Gasteiger partial charge in [0.05, 0.1) is 22.6 Å². The maximum Gasteiger partial charge on any atom is 0.0702 e. The second-order valence-corrected chi connectivity index (χ2v) is 9.35. The maximum absolute atomic E-state index is 2.59. The number of fused-ring (bicyclic) bond motifs is 12. The minimum absolute atomic E-state index is 0.381. The molecule has 6 aromatic rings. The van der Waals surface area contributed by atoms with Gasteiger partial charge in [-0.2, -0.15) is 0 Å². The molecule has 0 saturated heterocycles. The van der Waals surface area contributed by atoms with Gasteiger partial charge in [-0.25, -0.2) is 0 Å². The molecule has 4 heterocycles. The average molecular weight is 406 g/mol. The number of anilines is 2. The van der Waals surface area contributed by atoms with E-state index in [1.54, 1.807) is 0 Å². The van der Waals surface area contributed by atoms with Gasteiger partial charge in [-0.3, -0.25) is 0 Å². The lowest BCUT2D eigenvalue weighted by Gasteiger charge is -2.24. The van der Waals surface area contributed by atoms with Crippen molar-refractivity contribution in [1.82, 2.24) is 4.40 Å². The Morgan fingerprint density at radius 2 is 1.47 bits per heavy atom. The first-order valence-electron chi connectivity index (χ1n) is 11.4. The van der Waals surface area contributed by atoms with E-state index in [1.165, 1.54) is 66.2 Å². The van der Waals surface area contributed by atoms with Crippen LogP contribution in [0.3, 0.4) is 0 Å². The highest BCUT2D eigenvalue weighted by Gasteiger charge is 2.47. The molecule has 9 rings (SSSR count). The van der Waals surface area contributed by atoms with Crippen LogP contribution in [0.15, 0.2) is 97.1 Å². The lowest BCUT2D eigenvalue weighted by Crippen LogP contribution is -2.25. The van der Waals surface area contributed by atoms with Crippen molar-refractivity contribution in [1.29, 1.82) is 0 Å². The van der Waals surface area contributed by atoms with Crippen LogP contribution in [0.25, 0.3) is 43.7 Å². The number of rotatable bonds is 0. The van der Waals surface area contributed by atoms with Crippen LogP contribution in [0.1, 0.15) is 17.0 Å². The van der Waals surface area contributed by atoms with Crippen LogP contribution in [0.2, 0.25) is 0 Å². The SMILES string of the molecule is C1=CC2c3cc4c(cc3N3c5ccccc5C(=C1)C23)c1cccc2c3ccccc3n4c21. The molecule has 0 bridgehead atoms. The van der Waals surface area contributed by atoms with Crippen molar-refractivity contribution in [3.05, 3.63) is 108 Å². The molecule has 32 heavy (non-hydrogen) atoms. The second kappa shape index (κ2) is 5.05. The van der Waals surface area contributed by atoms with Crippen LogP contribution in [0.4, 0.5) is 11.4 Å². The zero-order valence-corrected chi connectivity index (χ0v) is 17.3. The third-order valence-corrected chi connectivity index (χ3v) is 8.00. The third kappa shape index (κ3) is 1.56. The van der Waals surface area contributed by atoms with Crippen LogP contribution in [-0.2, 0) is 0 Å². The van der Waals surface area contributed by atoms with Crippen molar-refractivity contribution in [3.8, 4) is 0 Å². The summed E-state index contributed by atoms with van der Waals surface area (Å²) in [5.41, 5.74) is 11.0. The number of para-hydroxylation sites is 3. The summed E-state index contributed by atoms with van der Waals surface area (Å²) >= 11 is 0. The van der Waals surface area contributed by atoms with E-state index >= 15 is 0 Å². The van der Waals surface area contributed by atoms with Gasteiger partial charge in [0.2, 0.25) is 0 Å². The Labute approximate surface area is 184 Å². The first kappa shape index (κ1) is 15.7. The Hall–Kier alpha value is -4.04. The molecule has 0 radical (unpaired) electrons. The van der Waals surface area contributed by atoms with E-state index in [1.807, 2.05) is 0 Å². The van der Waals surface area contributed by atoms with Crippen molar-refractivity contribution in [2.45, 2.75) is 12.0 Å². The molecule has 2 nitrogen and oxygen atoms in total. The number of hydrogen-bond acceptors (Lipinski definition) is 1. The van der Waals surface area contributed by atoms with Gasteiger partial charge in [-0.1, -0.05) is 72.8 Å². The van der Waals surface area contributed by atoms with Gasteiger partial charge >= 0.3 is 0 Å². The van der Waals surface area contributed by atoms with E-state index in [2.05, 4.69) is 106 Å². The lowest BCUT2D eigenvalue weighted by molar-refractivity contribution is 0.781. The van der Waals surface area contributed by atoms with Gasteiger partial charge in [-0.05, 0) is 35.4 Å². The van der Waals surface area contributed by atoms with Gasteiger partial charge in [-0.15, -0.1) is 0 Å². The molecule has 2 heteroatoms. The van der Waals surface area contributed by atoms with E-state index in [0.29, 0.717) is 12.0 Å².